The van der Waals surface area contributed by atoms with Crippen LogP contribution >= 0.6 is 23.2 Å². The summed E-state index contributed by atoms with van der Waals surface area (Å²) in [6.07, 6.45) is 0.620. The van der Waals surface area contributed by atoms with Crippen molar-refractivity contribution in [2.75, 3.05) is 6.61 Å². The molecule has 1 aromatic rings. The van der Waals surface area contributed by atoms with Gasteiger partial charge in [0.15, 0.2) is 11.6 Å². The molecule has 1 N–H and O–H groups in total. The summed E-state index contributed by atoms with van der Waals surface area (Å²) < 4.78 is 5.45. The molecule has 0 unspecified atom stereocenters. The highest BCUT2D eigenvalue weighted by Crippen LogP contribution is 2.27. The van der Waals surface area contributed by atoms with Crippen molar-refractivity contribution in [1.29, 1.82) is 0 Å². The van der Waals surface area contributed by atoms with Gasteiger partial charge in [-0.25, -0.2) is 0 Å². The van der Waals surface area contributed by atoms with E-state index in [0.717, 1.165) is 0 Å². The van der Waals surface area contributed by atoms with Gasteiger partial charge in [0.25, 0.3) is 0 Å². The molecule has 0 fully saturated rings. The number of halogens is 2. The first-order valence-electron chi connectivity index (χ1n) is 6.34. The van der Waals surface area contributed by atoms with Gasteiger partial charge in [-0.2, -0.15) is 0 Å². The molecule has 0 saturated carbocycles. The number of benzene rings is 1. The van der Waals surface area contributed by atoms with E-state index in [0.29, 0.717) is 22.2 Å². The van der Waals surface area contributed by atoms with Crippen LogP contribution in [0.2, 0.25) is 10.0 Å². The molecule has 1 rings (SSSR count). The Morgan fingerprint density at radius 1 is 1.19 bits per heavy atom. The third-order valence-electron chi connectivity index (χ3n) is 2.70. The smallest absolute Gasteiger partial charge is 0.166 e. The Bertz CT molecular complexity index is 563. The average Bonchev–Trinajstić information content (AvgIpc) is 2.35. The lowest BCUT2D eigenvalue weighted by molar-refractivity contribution is -0.119. The second-order valence-electron chi connectivity index (χ2n) is 4.46. The molecule has 0 spiro atoms. The van der Waals surface area contributed by atoms with Gasteiger partial charge in [-0.3, -0.25) is 9.59 Å². The molecule has 6 heteroatoms. The molecule has 4 nitrogen and oxygen atoms in total. The van der Waals surface area contributed by atoms with E-state index in [2.05, 4.69) is 0 Å². The van der Waals surface area contributed by atoms with Crippen LogP contribution in [0.3, 0.4) is 0 Å². The predicted molar refractivity (Wildman–Crippen MR) is 82.2 cm³/mol. The van der Waals surface area contributed by atoms with Crippen LogP contribution in [0.4, 0.5) is 0 Å². The van der Waals surface area contributed by atoms with Crippen molar-refractivity contribution in [3.05, 3.63) is 39.6 Å². The van der Waals surface area contributed by atoms with Crippen LogP contribution < -0.4 is 4.74 Å². The van der Waals surface area contributed by atoms with Crippen molar-refractivity contribution in [2.24, 2.45) is 0 Å². The largest absolute Gasteiger partial charge is 0.511 e. The molecule has 0 saturated heterocycles. The number of carbonyl (C=O) groups excluding carboxylic acids is 2. The zero-order valence-electron chi connectivity index (χ0n) is 11.8. The van der Waals surface area contributed by atoms with Gasteiger partial charge in [0.05, 0.1) is 17.2 Å². The third kappa shape index (κ3) is 5.40. The van der Waals surface area contributed by atoms with E-state index in [1.165, 1.54) is 13.8 Å². The van der Waals surface area contributed by atoms with Gasteiger partial charge in [-0.1, -0.05) is 23.2 Å². The Kier molecular flexibility index (Phi) is 6.72. The molecule has 0 atom stereocenters. The number of carbonyl (C=O) groups is 2. The molecule has 114 valence electrons. The van der Waals surface area contributed by atoms with Crippen LogP contribution in [-0.2, 0) is 9.59 Å². The summed E-state index contributed by atoms with van der Waals surface area (Å²) in [7, 11) is 0. The summed E-state index contributed by atoms with van der Waals surface area (Å²) in [6.45, 7) is 2.78. The van der Waals surface area contributed by atoms with Crippen molar-refractivity contribution in [2.45, 2.75) is 26.7 Å². The van der Waals surface area contributed by atoms with E-state index >= 15 is 0 Å². The molecule has 0 aromatic heterocycles. The van der Waals surface area contributed by atoms with Gasteiger partial charge in [0, 0.05) is 11.4 Å². The molecular formula is C15H16Cl2O4. The zero-order chi connectivity index (χ0) is 16.0. The van der Waals surface area contributed by atoms with Crippen LogP contribution in [0, 0.1) is 0 Å². The van der Waals surface area contributed by atoms with E-state index in [-0.39, 0.29) is 24.4 Å². The van der Waals surface area contributed by atoms with E-state index in [1.807, 2.05) is 0 Å². The molecular weight excluding hydrogens is 315 g/mol. The number of ether oxygens (including phenoxy) is 1. The summed E-state index contributed by atoms with van der Waals surface area (Å²) in [5, 5.41) is 10.7. The highest BCUT2D eigenvalue weighted by atomic mass is 35.5. The minimum Gasteiger partial charge on any atom is -0.511 e. The number of hydrogen-bond donors (Lipinski definition) is 1. The zero-order valence-corrected chi connectivity index (χ0v) is 13.3. The number of allylic oxidation sites excluding steroid dienone is 2. The van der Waals surface area contributed by atoms with Crippen LogP contribution in [-0.4, -0.2) is 23.3 Å². The van der Waals surface area contributed by atoms with Crippen molar-refractivity contribution in [1.82, 2.24) is 0 Å². The fourth-order valence-electron chi connectivity index (χ4n) is 1.79. The molecule has 0 heterocycles. The third-order valence-corrected chi connectivity index (χ3v) is 3.23. The molecule has 0 bridgehead atoms. The number of hydrogen-bond acceptors (Lipinski definition) is 4. The van der Waals surface area contributed by atoms with Gasteiger partial charge in [0.2, 0.25) is 0 Å². The fourth-order valence-corrected chi connectivity index (χ4v) is 2.26. The quantitative estimate of drug-likeness (QED) is 0.268. The SMILES string of the molecule is CC(=O)C(C(C)=O)=C(O)CCCOc1ccc(Cl)cc1Cl. The van der Waals surface area contributed by atoms with Gasteiger partial charge in [-0.05, 0) is 38.5 Å². The second-order valence-corrected chi connectivity index (χ2v) is 5.30. The first-order chi connectivity index (χ1) is 9.82. The van der Waals surface area contributed by atoms with Gasteiger partial charge in [-0.15, -0.1) is 0 Å². The second kappa shape index (κ2) is 8.05. The van der Waals surface area contributed by atoms with Crippen molar-refractivity contribution >= 4 is 34.8 Å². The summed E-state index contributed by atoms with van der Waals surface area (Å²) in [6, 6.07) is 4.88. The molecule has 21 heavy (non-hydrogen) atoms. The van der Waals surface area contributed by atoms with Crippen molar-refractivity contribution in [3.63, 3.8) is 0 Å². The van der Waals surface area contributed by atoms with E-state index in [1.54, 1.807) is 18.2 Å². The number of aliphatic hydroxyl groups excluding tert-OH is 1. The molecule has 0 aliphatic carbocycles. The van der Waals surface area contributed by atoms with Gasteiger partial charge < -0.3 is 9.84 Å². The van der Waals surface area contributed by atoms with Crippen molar-refractivity contribution in [3.8, 4) is 5.75 Å². The average molecular weight is 331 g/mol. The van der Waals surface area contributed by atoms with Crippen LogP contribution in [0.5, 0.6) is 5.75 Å². The molecule has 0 aliphatic heterocycles. The molecule has 0 radical (unpaired) electrons. The lowest BCUT2D eigenvalue weighted by Gasteiger charge is -2.09. The Hall–Kier alpha value is -1.52. The summed E-state index contributed by atoms with van der Waals surface area (Å²) in [5.74, 6) is -0.605. The Balaban J connectivity index is 2.55. The summed E-state index contributed by atoms with van der Waals surface area (Å²) in [4.78, 5) is 22.5. The fraction of sp³-hybridized carbons (Fsp3) is 0.333. The minimum atomic E-state index is -0.443. The topological polar surface area (TPSA) is 63.6 Å². The van der Waals surface area contributed by atoms with Gasteiger partial charge >= 0.3 is 0 Å². The molecule has 0 aliphatic rings. The van der Waals surface area contributed by atoms with Gasteiger partial charge in [0.1, 0.15) is 11.5 Å². The maximum absolute atomic E-state index is 11.3. The van der Waals surface area contributed by atoms with Crippen LogP contribution in [0.25, 0.3) is 0 Å². The number of ketones is 2. The number of aliphatic hydroxyl groups is 1. The monoisotopic (exact) mass is 330 g/mol. The summed E-state index contributed by atoms with van der Waals surface area (Å²) >= 11 is 11.7. The Morgan fingerprint density at radius 2 is 1.81 bits per heavy atom. The number of Topliss-reactive ketones (excluding diaryl/α,β-unsaturated/α-hetero) is 2. The predicted octanol–water partition coefficient (Wildman–Crippen LogP) is 4.14. The van der Waals surface area contributed by atoms with E-state index in [4.69, 9.17) is 27.9 Å². The maximum Gasteiger partial charge on any atom is 0.166 e. The van der Waals surface area contributed by atoms with Crippen LogP contribution in [0.15, 0.2) is 29.5 Å². The normalized spacial score (nSPS) is 10.1. The van der Waals surface area contributed by atoms with E-state index in [9.17, 15) is 14.7 Å². The van der Waals surface area contributed by atoms with Crippen LogP contribution in [0.1, 0.15) is 26.7 Å². The standard InChI is InChI=1S/C15H16Cl2O4/c1-9(18)15(10(2)19)13(20)4-3-7-21-14-6-5-11(16)8-12(14)17/h5-6,8,20H,3-4,7H2,1-2H3. The highest BCUT2D eigenvalue weighted by Gasteiger charge is 2.15. The summed E-state index contributed by atoms with van der Waals surface area (Å²) in [5.41, 5.74) is -0.153. The molecule has 0 amide bonds. The lowest BCUT2D eigenvalue weighted by atomic mass is 10.0. The van der Waals surface area contributed by atoms with E-state index < -0.39 is 11.6 Å². The Labute approximate surface area is 133 Å². The lowest BCUT2D eigenvalue weighted by Crippen LogP contribution is -2.10. The Morgan fingerprint density at radius 3 is 2.33 bits per heavy atom. The number of rotatable bonds is 7. The highest BCUT2D eigenvalue weighted by molar-refractivity contribution is 6.35. The maximum atomic E-state index is 11.3. The van der Waals surface area contributed by atoms with Crippen molar-refractivity contribution < 1.29 is 19.4 Å². The first-order valence-corrected chi connectivity index (χ1v) is 7.10. The first kappa shape index (κ1) is 17.5. The molecule has 1 aromatic carbocycles. The minimum absolute atomic E-state index is 0.153.